The van der Waals surface area contributed by atoms with Crippen molar-refractivity contribution in [3.8, 4) is 5.75 Å². The Morgan fingerprint density at radius 1 is 1.50 bits per heavy atom. The molecular formula is C13H19NO2. The monoisotopic (exact) mass is 221 g/mol. The third kappa shape index (κ3) is 1.70. The maximum absolute atomic E-state index is 9.49. The summed E-state index contributed by atoms with van der Waals surface area (Å²) in [6.07, 6.45) is 1.36. The molecule has 1 aliphatic carbocycles. The molecule has 0 spiro atoms. The molecule has 3 heteroatoms. The third-order valence-corrected chi connectivity index (χ3v) is 3.65. The zero-order valence-corrected chi connectivity index (χ0v) is 9.86. The molecule has 0 unspecified atom stereocenters. The van der Waals surface area contributed by atoms with Crippen LogP contribution in [0, 0.1) is 6.92 Å². The van der Waals surface area contributed by atoms with Crippen LogP contribution >= 0.6 is 0 Å². The van der Waals surface area contributed by atoms with Crippen LogP contribution in [0.15, 0.2) is 18.2 Å². The normalized spacial score (nSPS) is 28.6. The van der Waals surface area contributed by atoms with Crippen molar-refractivity contribution in [2.24, 2.45) is 5.73 Å². The van der Waals surface area contributed by atoms with Gasteiger partial charge in [-0.05, 0) is 43.0 Å². The van der Waals surface area contributed by atoms with Crippen LogP contribution < -0.4 is 10.5 Å². The molecule has 1 aromatic carbocycles. The van der Waals surface area contributed by atoms with E-state index in [2.05, 4.69) is 13.0 Å². The molecule has 0 aliphatic heterocycles. The van der Waals surface area contributed by atoms with Crippen LogP contribution in [0.25, 0.3) is 0 Å². The number of nitrogens with two attached hydrogens (primary N) is 1. The van der Waals surface area contributed by atoms with Gasteiger partial charge < -0.3 is 15.6 Å². The lowest BCUT2D eigenvalue weighted by molar-refractivity contribution is 0.0218. The molecule has 0 heterocycles. The number of ether oxygens (including phenoxy) is 1. The lowest BCUT2D eigenvalue weighted by Gasteiger charge is -2.46. The Kier molecular flexibility index (Phi) is 2.91. The number of aliphatic hydroxyl groups is 1. The quantitative estimate of drug-likeness (QED) is 0.810. The lowest BCUT2D eigenvalue weighted by Crippen LogP contribution is -2.50. The molecule has 0 saturated heterocycles. The summed E-state index contributed by atoms with van der Waals surface area (Å²) in [6.45, 7) is 2.66. The Labute approximate surface area is 96.2 Å². The highest BCUT2D eigenvalue weighted by Gasteiger charge is 2.44. The molecule has 0 aromatic heterocycles. The van der Waals surface area contributed by atoms with Crippen molar-refractivity contribution in [2.45, 2.75) is 31.3 Å². The second-order valence-electron chi connectivity index (χ2n) is 4.73. The first-order valence-corrected chi connectivity index (χ1v) is 5.64. The Bertz CT molecular complexity index is 384. The SMILES string of the molecule is COc1ccc(C2(CN)CC(O)C2)c(C)c1. The van der Waals surface area contributed by atoms with Crippen LogP contribution in [0.4, 0.5) is 0 Å². The van der Waals surface area contributed by atoms with Crippen LogP contribution in [0.3, 0.4) is 0 Å². The fraction of sp³-hybridized carbons (Fsp3) is 0.538. The van der Waals surface area contributed by atoms with Crippen molar-refractivity contribution in [3.05, 3.63) is 29.3 Å². The Balaban J connectivity index is 2.33. The van der Waals surface area contributed by atoms with E-state index in [1.165, 1.54) is 11.1 Å². The number of hydrogen-bond acceptors (Lipinski definition) is 3. The summed E-state index contributed by atoms with van der Waals surface area (Å²) < 4.78 is 5.19. The summed E-state index contributed by atoms with van der Waals surface area (Å²) in [5, 5.41) is 9.49. The minimum absolute atomic E-state index is 0.0181. The standard InChI is InChI=1S/C13H19NO2/c1-9-5-11(16-2)3-4-12(9)13(8-14)6-10(15)7-13/h3-5,10,15H,6-8,14H2,1-2H3. The molecule has 3 nitrogen and oxygen atoms in total. The second-order valence-corrected chi connectivity index (χ2v) is 4.73. The fourth-order valence-electron chi connectivity index (χ4n) is 2.70. The van der Waals surface area contributed by atoms with Crippen molar-refractivity contribution < 1.29 is 9.84 Å². The molecule has 1 fully saturated rings. The van der Waals surface area contributed by atoms with E-state index >= 15 is 0 Å². The molecule has 0 radical (unpaired) electrons. The van der Waals surface area contributed by atoms with Crippen LogP contribution in [0.1, 0.15) is 24.0 Å². The number of methoxy groups -OCH3 is 1. The first kappa shape index (κ1) is 11.4. The summed E-state index contributed by atoms with van der Waals surface area (Å²) in [5.41, 5.74) is 8.28. The van der Waals surface area contributed by atoms with E-state index in [1.807, 2.05) is 12.1 Å². The maximum Gasteiger partial charge on any atom is 0.119 e. The predicted octanol–water partition coefficient (Wildman–Crippen LogP) is 1.35. The predicted molar refractivity (Wildman–Crippen MR) is 63.7 cm³/mol. The van der Waals surface area contributed by atoms with E-state index in [0.717, 1.165) is 18.6 Å². The van der Waals surface area contributed by atoms with Crippen molar-refractivity contribution >= 4 is 0 Å². The summed E-state index contributed by atoms with van der Waals surface area (Å²) in [5.74, 6) is 0.869. The number of aliphatic hydroxyl groups excluding tert-OH is 1. The van der Waals surface area contributed by atoms with Gasteiger partial charge in [0, 0.05) is 12.0 Å². The largest absolute Gasteiger partial charge is 0.497 e. The van der Waals surface area contributed by atoms with Gasteiger partial charge in [-0.3, -0.25) is 0 Å². The highest BCUT2D eigenvalue weighted by atomic mass is 16.5. The average Bonchev–Trinajstić information content (AvgIpc) is 2.24. The van der Waals surface area contributed by atoms with Gasteiger partial charge >= 0.3 is 0 Å². The molecule has 1 aromatic rings. The molecule has 1 saturated carbocycles. The molecule has 16 heavy (non-hydrogen) atoms. The van der Waals surface area contributed by atoms with Crippen LogP contribution in [-0.2, 0) is 5.41 Å². The average molecular weight is 221 g/mol. The van der Waals surface area contributed by atoms with Crippen LogP contribution in [0.5, 0.6) is 5.75 Å². The smallest absolute Gasteiger partial charge is 0.119 e. The molecule has 3 N–H and O–H groups in total. The molecule has 0 bridgehead atoms. The number of benzene rings is 1. The van der Waals surface area contributed by atoms with Gasteiger partial charge in [0.2, 0.25) is 0 Å². The Morgan fingerprint density at radius 2 is 2.19 bits per heavy atom. The highest BCUT2D eigenvalue weighted by Crippen LogP contribution is 2.44. The molecule has 1 aliphatic rings. The highest BCUT2D eigenvalue weighted by molar-refractivity contribution is 5.41. The minimum Gasteiger partial charge on any atom is -0.497 e. The summed E-state index contributed by atoms with van der Waals surface area (Å²) in [6, 6.07) is 6.06. The lowest BCUT2D eigenvalue weighted by atomic mass is 9.62. The zero-order chi connectivity index (χ0) is 11.8. The topological polar surface area (TPSA) is 55.5 Å². The van der Waals surface area contributed by atoms with Gasteiger partial charge in [0.25, 0.3) is 0 Å². The number of aryl methyl sites for hydroxylation is 1. The number of rotatable bonds is 3. The molecule has 2 rings (SSSR count). The summed E-state index contributed by atoms with van der Waals surface area (Å²) >= 11 is 0. The van der Waals surface area contributed by atoms with Crippen molar-refractivity contribution in [1.29, 1.82) is 0 Å². The van der Waals surface area contributed by atoms with Gasteiger partial charge in [0.05, 0.1) is 13.2 Å². The first-order chi connectivity index (χ1) is 7.61. The fourth-order valence-corrected chi connectivity index (χ4v) is 2.70. The van der Waals surface area contributed by atoms with Crippen LogP contribution in [-0.4, -0.2) is 24.9 Å². The molecule has 0 atom stereocenters. The van der Waals surface area contributed by atoms with E-state index < -0.39 is 0 Å². The molecule has 88 valence electrons. The van der Waals surface area contributed by atoms with E-state index in [1.54, 1.807) is 7.11 Å². The van der Waals surface area contributed by atoms with E-state index in [-0.39, 0.29) is 11.5 Å². The van der Waals surface area contributed by atoms with E-state index in [9.17, 15) is 5.11 Å². The van der Waals surface area contributed by atoms with E-state index in [4.69, 9.17) is 10.5 Å². The Hall–Kier alpha value is -1.06. The van der Waals surface area contributed by atoms with Gasteiger partial charge in [0.1, 0.15) is 5.75 Å². The van der Waals surface area contributed by atoms with Gasteiger partial charge in [-0.2, -0.15) is 0 Å². The van der Waals surface area contributed by atoms with Crippen LogP contribution in [0.2, 0.25) is 0 Å². The van der Waals surface area contributed by atoms with Gasteiger partial charge in [0.15, 0.2) is 0 Å². The first-order valence-electron chi connectivity index (χ1n) is 5.64. The van der Waals surface area contributed by atoms with Gasteiger partial charge in [-0.1, -0.05) is 6.07 Å². The third-order valence-electron chi connectivity index (χ3n) is 3.65. The van der Waals surface area contributed by atoms with Crippen molar-refractivity contribution in [1.82, 2.24) is 0 Å². The second kappa shape index (κ2) is 4.07. The zero-order valence-electron chi connectivity index (χ0n) is 9.86. The van der Waals surface area contributed by atoms with Crippen molar-refractivity contribution in [2.75, 3.05) is 13.7 Å². The number of hydrogen-bond donors (Lipinski definition) is 2. The summed E-state index contributed by atoms with van der Waals surface area (Å²) in [4.78, 5) is 0. The summed E-state index contributed by atoms with van der Waals surface area (Å²) in [7, 11) is 1.67. The van der Waals surface area contributed by atoms with Gasteiger partial charge in [-0.15, -0.1) is 0 Å². The van der Waals surface area contributed by atoms with Crippen molar-refractivity contribution in [3.63, 3.8) is 0 Å². The minimum atomic E-state index is -0.190. The maximum atomic E-state index is 9.49. The van der Waals surface area contributed by atoms with Gasteiger partial charge in [-0.25, -0.2) is 0 Å². The molecule has 0 amide bonds. The van der Waals surface area contributed by atoms with E-state index in [0.29, 0.717) is 6.54 Å². The Morgan fingerprint density at radius 3 is 2.62 bits per heavy atom. The molecular weight excluding hydrogens is 202 g/mol.